The Hall–Kier alpha value is -3.59. The van der Waals surface area contributed by atoms with Gasteiger partial charge in [-0.05, 0) is 35.9 Å². The summed E-state index contributed by atoms with van der Waals surface area (Å²) in [6.07, 6.45) is 1.76. The fourth-order valence-corrected chi connectivity index (χ4v) is 4.94. The number of aromatic carboxylic acids is 1. The first-order valence-corrected chi connectivity index (χ1v) is 11.9. The molecule has 3 aromatic rings. The minimum absolute atomic E-state index is 0.0595. The van der Waals surface area contributed by atoms with Crippen molar-refractivity contribution in [3.05, 3.63) is 84.1 Å². The summed E-state index contributed by atoms with van der Waals surface area (Å²) in [6.45, 7) is 2.92. The Bertz CT molecular complexity index is 1180. The molecule has 9 heteroatoms. The Morgan fingerprint density at radius 2 is 1.62 bits per heavy atom. The van der Waals surface area contributed by atoms with E-state index in [0.29, 0.717) is 18.7 Å². The van der Waals surface area contributed by atoms with Crippen molar-refractivity contribution in [3.8, 4) is 0 Å². The predicted molar refractivity (Wildman–Crippen MR) is 125 cm³/mol. The highest BCUT2D eigenvalue weighted by Crippen LogP contribution is 2.26. The van der Waals surface area contributed by atoms with Gasteiger partial charge in [-0.15, -0.1) is 0 Å². The molecule has 1 aliphatic heterocycles. The third-order valence-corrected chi connectivity index (χ3v) is 6.56. The third-order valence-electron chi connectivity index (χ3n) is 5.32. The highest BCUT2D eigenvalue weighted by Gasteiger charge is 2.22. The van der Waals surface area contributed by atoms with Crippen LogP contribution in [0, 0.1) is 0 Å². The third kappa shape index (κ3) is 5.17. The highest BCUT2D eigenvalue weighted by atomic mass is 32.2. The fourth-order valence-electron chi connectivity index (χ4n) is 3.73. The Morgan fingerprint density at radius 1 is 0.938 bits per heavy atom. The molecule has 0 aliphatic carbocycles. The van der Waals surface area contributed by atoms with Crippen molar-refractivity contribution in [2.24, 2.45) is 0 Å². The molecule has 0 atom stereocenters. The molecule has 4 rings (SSSR count). The van der Waals surface area contributed by atoms with Gasteiger partial charge in [-0.2, -0.15) is 0 Å². The number of carboxylic acid groups (broad SMARTS) is 1. The first-order chi connectivity index (χ1) is 15.4. The molecule has 8 nitrogen and oxygen atoms in total. The average Bonchev–Trinajstić information content (AvgIpc) is 2.80. The summed E-state index contributed by atoms with van der Waals surface area (Å²) in [5.74, 6) is -0.498. The molecule has 0 radical (unpaired) electrons. The number of anilines is 3. The summed E-state index contributed by atoms with van der Waals surface area (Å²) in [5, 5.41) is 9.70. The maximum Gasteiger partial charge on any atom is 0.337 e. The summed E-state index contributed by atoms with van der Waals surface area (Å²) < 4.78 is 27.6. The molecule has 0 unspecified atom stereocenters. The average molecular weight is 453 g/mol. The molecule has 2 N–H and O–H groups in total. The van der Waals surface area contributed by atoms with Crippen LogP contribution in [0.2, 0.25) is 0 Å². The van der Waals surface area contributed by atoms with Crippen LogP contribution < -0.4 is 14.5 Å². The molecule has 1 saturated heterocycles. The molecule has 0 amide bonds. The van der Waals surface area contributed by atoms with Crippen LogP contribution in [0.25, 0.3) is 0 Å². The van der Waals surface area contributed by atoms with Gasteiger partial charge >= 0.3 is 5.97 Å². The van der Waals surface area contributed by atoms with Crippen LogP contribution in [-0.4, -0.2) is 50.7 Å². The van der Waals surface area contributed by atoms with E-state index in [0.717, 1.165) is 24.6 Å². The van der Waals surface area contributed by atoms with E-state index in [1.807, 2.05) is 18.2 Å². The zero-order valence-electron chi connectivity index (χ0n) is 17.4. The van der Waals surface area contributed by atoms with E-state index in [4.69, 9.17) is 0 Å². The summed E-state index contributed by atoms with van der Waals surface area (Å²) in [4.78, 5) is 20.5. The molecule has 1 aromatic heterocycles. The van der Waals surface area contributed by atoms with Crippen molar-refractivity contribution >= 4 is 33.2 Å². The number of nitrogens with zero attached hydrogens (tertiary/aromatic N) is 3. The quantitative estimate of drug-likeness (QED) is 0.568. The van der Waals surface area contributed by atoms with E-state index < -0.39 is 16.0 Å². The lowest BCUT2D eigenvalue weighted by atomic mass is 10.1. The first-order valence-electron chi connectivity index (χ1n) is 10.2. The first kappa shape index (κ1) is 21.6. The van der Waals surface area contributed by atoms with E-state index in [-0.39, 0.29) is 17.0 Å². The summed E-state index contributed by atoms with van der Waals surface area (Å²) in [5.41, 5.74) is 1.35. The predicted octanol–water partition coefficient (Wildman–Crippen LogP) is 3.05. The molecule has 2 aromatic carbocycles. The van der Waals surface area contributed by atoms with Gasteiger partial charge in [0.1, 0.15) is 5.82 Å². The van der Waals surface area contributed by atoms with E-state index in [2.05, 4.69) is 19.5 Å². The summed E-state index contributed by atoms with van der Waals surface area (Å²) >= 11 is 0. The second kappa shape index (κ2) is 9.27. The zero-order chi connectivity index (χ0) is 22.6. The number of sulfonamides is 1. The second-order valence-corrected chi connectivity index (χ2v) is 9.27. The van der Waals surface area contributed by atoms with Crippen LogP contribution in [0.15, 0.2) is 72.9 Å². The minimum Gasteiger partial charge on any atom is -0.478 e. The van der Waals surface area contributed by atoms with Crippen molar-refractivity contribution in [1.29, 1.82) is 0 Å². The van der Waals surface area contributed by atoms with Gasteiger partial charge in [0.2, 0.25) is 10.0 Å². The van der Waals surface area contributed by atoms with Crippen LogP contribution in [-0.2, 0) is 15.8 Å². The lowest BCUT2D eigenvalue weighted by Crippen LogP contribution is -2.46. The lowest BCUT2D eigenvalue weighted by molar-refractivity contribution is 0.0698. The van der Waals surface area contributed by atoms with Crippen LogP contribution in [0.1, 0.15) is 15.9 Å². The topological polar surface area (TPSA) is 103 Å². The Kier molecular flexibility index (Phi) is 6.27. The second-order valence-electron chi connectivity index (χ2n) is 7.54. The van der Waals surface area contributed by atoms with Crippen LogP contribution in [0.5, 0.6) is 0 Å². The van der Waals surface area contributed by atoms with Gasteiger partial charge in [0, 0.05) is 38.1 Å². The molecular weight excluding hydrogens is 428 g/mol. The lowest BCUT2D eigenvalue weighted by Gasteiger charge is -2.36. The number of aromatic nitrogens is 1. The van der Waals surface area contributed by atoms with Crippen molar-refractivity contribution in [2.45, 2.75) is 5.75 Å². The summed E-state index contributed by atoms with van der Waals surface area (Å²) in [7, 11) is -3.76. The Balaban J connectivity index is 1.48. The maximum atomic E-state index is 12.6. The van der Waals surface area contributed by atoms with Gasteiger partial charge in [0.25, 0.3) is 0 Å². The maximum absolute atomic E-state index is 12.6. The SMILES string of the molecule is O=C(O)c1cc(N2CCN(c3ccccn3)CC2)ccc1NS(=O)(=O)Cc1ccccc1. The van der Waals surface area contributed by atoms with Gasteiger partial charge in [0.15, 0.2) is 0 Å². The number of carboxylic acids is 1. The molecule has 166 valence electrons. The largest absolute Gasteiger partial charge is 0.478 e. The van der Waals surface area contributed by atoms with Crippen LogP contribution in [0.3, 0.4) is 0 Å². The van der Waals surface area contributed by atoms with Gasteiger partial charge < -0.3 is 14.9 Å². The van der Waals surface area contributed by atoms with E-state index >= 15 is 0 Å². The van der Waals surface area contributed by atoms with Crippen molar-refractivity contribution in [2.75, 3.05) is 40.7 Å². The van der Waals surface area contributed by atoms with Gasteiger partial charge in [0.05, 0.1) is 17.0 Å². The van der Waals surface area contributed by atoms with E-state index in [9.17, 15) is 18.3 Å². The molecular formula is C23H24N4O4S. The smallest absolute Gasteiger partial charge is 0.337 e. The molecule has 1 fully saturated rings. The number of carbonyl (C=O) groups is 1. The number of hydrogen-bond acceptors (Lipinski definition) is 6. The molecule has 0 saturated carbocycles. The van der Waals surface area contributed by atoms with Gasteiger partial charge in [-0.1, -0.05) is 36.4 Å². The van der Waals surface area contributed by atoms with E-state index in [1.54, 1.807) is 42.6 Å². The number of pyridine rings is 1. The van der Waals surface area contributed by atoms with Crippen molar-refractivity contribution in [1.82, 2.24) is 4.98 Å². The highest BCUT2D eigenvalue weighted by molar-refractivity contribution is 7.91. The monoisotopic (exact) mass is 452 g/mol. The normalized spacial score (nSPS) is 14.2. The minimum atomic E-state index is -3.76. The standard InChI is InChI=1S/C23H24N4O4S/c28-23(29)20-16-19(26-12-14-27(15-13-26)22-8-4-5-11-24-22)9-10-21(20)25-32(30,31)17-18-6-2-1-3-7-18/h1-11,16,25H,12-15,17H2,(H,28,29). The molecule has 2 heterocycles. The fraction of sp³-hybridized carbons (Fsp3) is 0.217. The molecule has 0 bridgehead atoms. The van der Waals surface area contributed by atoms with Crippen molar-refractivity contribution in [3.63, 3.8) is 0 Å². The van der Waals surface area contributed by atoms with E-state index in [1.165, 1.54) is 12.1 Å². The Labute approximate surface area is 187 Å². The van der Waals surface area contributed by atoms with Gasteiger partial charge in [-0.25, -0.2) is 18.2 Å². The zero-order valence-corrected chi connectivity index (χ0v) is 18.2. The van der Waals surface area contributed by atoms with Crippen LogP contribution in [0.4, 0.5) is 17.2 Å². The number of rotatable bonds is 7. The van der Waals surface area contributed by atoms with Crippen LogP contribution >= 0.6 is 0 Å². The molecule has 32 heavy (non-hydrogen) atoms. The number of nitrogens with one attached hydrogen (secondary N) is 1. The number of piperazine rings is 1. The molecule has 0 spiro atoms. The molecule has 1 aliphatic rings. The van der Waals surface area contributed by atoms with Crippen molar-refractivity contribution < 1.29 is 18.3 Å². The number of hydrogen-bond donors (Lipinski definition) is 2. The summed E-state index contributed by atoms with van der Waals surface area (Å²) in [6, 6.07) is 19.3. The van der Waals surface area contributed by atoms with Gasteiger partial charge in [-0.3, -0.25) is 4.72 Å². The number of benzene rings is 2. The Morgan fingerprint density at radius 3 is 2.28 bits per heavy atom.